The van der Waals surface area contributed by atoms with E-state index in [0.717, 1.165) is 5.56 Å². The topological polar surface area (TPSA) is 144 Å². The van der Waals surface area contributed by atoms with Gasteiger partial charge in [-0.2, -0.15) is 5.10 Å². The Kier molecular flexibility index (Phi) is 5.71. The second-order valence-electron chi connectivity index (χ2n) is 7.11. The zero-order valence-electron chi connectivity index (χ0n) is 16.9. The molecule has 11 nitrogen and oxygen atoms in total. The lowest BCUT2D eigenvalue weighted by Crippen LogP contribution is -2.27. The first kappa shape index (κ1) is 21.2. The van der Waals surface area contributed by atoms with E-state index in [-0.39, 0.29) is 17.7 Å². The third-order valence-corrected chi connectivity index (χ3v) is 5.02. The number of likely N-dealkylation sites (tertiary alicyclic amines) is 1. The first-order chi connectivity index (χ1) is 15.3. The minimum atomic E-state index is -2.86. The van der Waals surface area contributed by atoms with Crippen molar-refractivity contribution in [2.45, 2.75) is 18.9 Å². The van der Waals surface area contributed by atoms with Gasteiger partial charge in [-0.05, 0) is 6.42 Å². The zero-order valence-corrected chi connectivity index (χ0v) is 16.9. The molecule has 4 rings (SSSR count). The van der Waals surface area contributed by atoms with Crippen molar-refractivity contribution in [3.05, 3.63) is 36.5 Å². The number of nitrogens with one attached hydrogen (secondary N) is 1. The van der Waals surface area contributed by atoms with Crippen LogP contribution in [0.3, 0.4) is 0 Å². The van der Waals surface area contributed by atoms with E-state index >= 15 is 0 Å². The molecular formula is C19H20F2N8O3. The van der Waals surface area contributed by atoms with E-state index in [1.54, 1.807) is 23.1 Å². The molecule has 3 aromatic rings. The third-order valence-electron chi connectivity index (χ3n) is 5.02. The highest BCUT2D eigenvalue weighted by atomic mass is 19.3. The molecule has 32 heavy (non-hydrogen) atoms. The summed E-state index contributed by atoms with van der Waals surface area (Å²) in [4.78, 5) is 24.0. The first-order valence-corrected chi connectivity index (χ1v) is 9.60. The van der Waals surface area contributed by atoms with Crippen LogP contribution in [0.2, 0.25) is 0 Å². The van der Waals surface area contributed by atoms with Crippen LogP contribution in [0.1, 0.15) is 24.7 Å². The fraction of sp³-hybridized carbons (Fsp3) is 0.316. The Morgan fingerprint density at radius 1 is 1.31 bits per heavy atom. The van der Waals surface area contributed by atoms with E-state index in [2.05, 4.69) is 25.4 Å². The van der Waals surface area contributed by atoms with Crippen molar-refractivity contribution in [2.24, 2.45) is 0 Å². The molecule has 0 radical (unpaired) electrons. The predicted molar refractivity (Wildman–Crippen MR) is 110 cm³/mol. The van der Waals surface area contributed by atoms with Crippen LogP contribution in [-0.4, -0.2) is 61.0 Å². The van der Waals surface area contributed by atoms with Crippen molar-refractivity contribution >= 4 is 23.5 Å². The van der Waals surface area contributed by atoms with E-state index in [0.29, 0.717) is 36.6 Å². The predicted octanol–water partition coefficient (Wildman–Crippen LogP) is 2.93. The van der Waals surface area contributed by atoms with Gasteiger partial charge >= 0.3 is 6.09 Å². The minimum Gasteiger partial charge on any atom is -0.496 e. The van der Waals surface area contributed by atoms with Crippen LogP contribution in [0.4, 0.5) is 31.0 Å². The molecule has 1 amide bonds. The number of ether oxygens (including phenoxy) is 1. The van der Waals surface area contributed by atoms with Gasteiger partial charge in [0, 0.05) is 48.7 Å². The smallest absolute Gasteiger partial charge is 0.407 e. The van der Waals surface area contributed by atoms with Gasteiger partial charge < -0.3 is 25.8 Å². The molecular weight excluding hydrogens is 426 g/mol. The number of nitrogens with zero attached hydrogens (tertiary/aromatic N) is 6. The third kappa shape index (κ3) is 4.36. The number of alkyl halides is 2. The molecule has 1 atom stereocenters. The number of methoxy groups -OCH3 is 1. The number of hydrogen-bond acceptors (Lipinski definition) is 8. The summed E-state index contributed by atoms with van der Waals surface area (Å²) in [5, 5.41) is 16.3. The monoisotopic (exact) mass is 446 g/mol. The summed E-state index contributed by atoms with van der Waals surface area (Å²) in [7, 11) is 1.49. The maximum atomic E-state index is 12.9. The molecule has 4 heterocycles. The zero-order chi connectivity index (χ0) is 22.8. The maximum Gasteiger partial charge on any atom is 0.407 e. The summed E-state index contributed by atoms with van der Waals surface area (Å²) < 4.78 is 33.0. The van der Waals surface area contributed by atoms with Crippen molar-refractivity contribution < 1.29 is 23.4 Å². The van der Waals surface area contributed by atoms with E-state index in [9.17, 15) is 13.6 Å². The number of rotatable bonds is 6. The van der Waals surface area contributed by atoms with Crippen LogP contribution in [0.25, 0.3) is 11.1 Å². The van der Waals surface area contributed by atoms with Crippen LogP contribution < -0.4 is 15.8 Å². The van der Waals surface area contributed by atoms with E-state index < -0.39 is 18.3 Å². The van der Waals surface area contributed by atoms with Crippen molar-refractivity contribution in [3.63, 3.8) is 0 Å². The highest BCUT2D eigenvalue weighted by molar-refractivity contribution is 5.71. The van der Waals surface area contributed by atoms with Gasteiger partial charge in [-0.1, -0.05) is 0 Å². The van der Waals surface area contributed by atoms with E-state index in [1.165, 1.54) is 18.1 Å². The molecule has 0 aliphatic carbocycles. The molecule has 0 aromatic carbocycles. The highest BCUT2D eigenvalue weighted by Crippen LogP contribution is 2.33. The van der Waals surface area contributed by atoms with Gasteiger partial charge in [-0.25, -0.2) is 28.5 Å². The lowest BCUT2D eigenvalue weighted by Gasteiger charge is -2.13. The molecule has 0 unspecified atom stereocenters. The van der Waals surface area contributed by atoms with Gasteiger partial charge in [-0.3, -0.25) is 4.68 Å². The van der Waals surface area contributed by atoms with Gasteiger partial charge in [0.15, 0.2) is 5.82 Å². The molecule has 1 fully saturated rings. The normalized spacial score (nSPS) is 15.9. The fourth-order valence-corrected chi connectivity index (χ4v) is 3.48. The highest BCUT2D eigenvalue weighted by Gasteiger charge is 2.28. The molecule has 13 heteroatoms. The van der Waals surface area contributed by atoms with Crippen LogP contribution in [0.15, 0.2) is 30.7 Å². The number of carbonyl (C=O) groups is 1. The van der Waals surface area contributed by atoms with E-state index in [4.69, 9.17) is 15.6 Å². The number of pyridine rings is 1. The van der Waals surface area contributed by atoms with Crippen molar-refractivity contribution in [2.75, 3.05) is 31.2 Å². The molecule has 1 aliphatic rings. The number of nitrogen functional groups attached to an aromatic ring is 1. The first-order valence-electron chi connectivity index (χ1n) is 9.60. The number of hydrogen-bond donors (Lipinski definition) is 3. The number of nitrogens with two attached hydrogens (primary N) is 1. The molecule has 0 saturated carbocycles. The fourth-order valence-electron chi connectivity index (χ4n) is 3.48. The Labute approximate surface area is 180 Å². The van der Waals surface area contributed by atoms with Crippen molar-refractivity contribution in [1.82, 2.24) is 29.6 Å². The Bertz CT molecular complexity index is 1140. The van der Waals surface area contributed by atoms with Crippen LogP contribution >= 0.6 is 0 Å². The second-order valence-corrected chi connectivity index (χ2v) is 7.11. The summed E-state index contributed by atoms with van der Waals surface area (Å²) in [6.45, 7) is 0.832. The molecule has 1 aliphatic heterocycles. The number of anilines is 3. The quantitative estimate of drug-likeness (QED) is 0.520. The summed E-state index contributed by atoms with van der Waals surface area (Å²) >= 11 is 0. The average molecular weight is 446 g/mol. The largest absolute Gasteiger partial charge is 0.496 e. The summed E-state index contributed by atoms with van der Waals surface area (Å²) in [6, 6.07) is 2.86. The van der Waals surface area contributed by atoms with Gasteiger partial charge in [-0.15, -0.1) is 0 Å². The number of carboxylic acid groups (broad SMARTS) is 1. The molecule has 0 bridgehead atoms. The van der Waals surface area contributed by atoms with Gasteiger partial charge in [0.2, 0.25) is 0 Å². The number of amides is 1. The van der Waals surface area contributed by atoms with Crippen LogP contribution in [0.5, 0.6) is 5.75 Å². The average Bonchev–Trinajstić information content (AvgIpc) is 3.43. The number of aromatic nitrogens is 5. The Hall–Kier alpha value is -4.03. The lowest BCUT2D eigenvalue weighted by atomic mass is 10.1. The second kappa shape index (κ2) is 8.61. The Balaban J connectivity index is 1.55. The molecule has 168 valence electrons. The van der Waals surface area contributed by atoms with Crippen LogP contribution in [-0.2, 0) is 0 Å². The maximum absolute atomic E-state index is 12.9. The van der Waals surface area contributed by atoms with Crippen molar-refractivity contribution in [1.29, 1.82) is 0 Å². The van der Waals surface area contributed by atoms with Gasteiger partial charge in [0.05, 0.1) is 19.3 Å². The lowest BCUT2D eigenvalue weighted by molar-refractivity contribution is 0.140. The standard InChI is InChI=1S/C19H20F2N8O3/c1-32-13-4-15(26-16-5-14(22)25-18(27-16)17(20)21)23-7-12(13)10-6-24-29(8-10)11-2-3-28(9-11)19(30)31/h4-8,11,17H,2-3,9H2,1H3,(H,30,31)(H3,22,23,25,26,27)/t11-/m0/s1. The molecule has 3 aromatic heterocycles. The SMILES string of the molecule is COc1cc(Nc2cc(N)nc(C(F)F)n2)ncc1-c1cnn([C@H]2CCN(C(=O)O)C2)c1. The van der Waals surface area contributed by atoms with Crippen LogP contribution in [0, 0.1) is 0 Å². The Morgan fingerprint density at radius 2 is 2.12 bits per heavy atom. The summed E-state index contributed by atoms with van der Waals surface area (Å²) in [5.41, 5.74) is 6.97. The summed E-state index contributed by atoms with van der Waals surface area (Å²) in [5.74, 6) is 0.0761. The summed E-state index contributed by atoms with van der Waals surface area (Å²) in [6.07, 6.45) is 1.88. The van der Waals surface area contributed by atoms with Crippen molar-refractivity contribution in [3.8, 4) is 16.9 Å². The Morgan fingerprint density at radius 3 is 2.81 bits per heavy atom. The number of halogens is 2. The van der Waals surface area contributed by atoms with Gasteiger partial charge in [0.25, 0.3) is 6.43 Å². The van der Waals surface area contributed by atoms with E-state index in [1.807, 2.05) is 6.20 Å². The molecule has 0 spiro atoms. The van der Waals surface area contributed by atoms with Gasteiger partial charge in [0.1, 0.15) is 23.2 Å². The minimum absolute atomic E-state index is 0.0491. The molecule has 4 N–H and O–H groups in total. The molecule has 1 saturated heterocycles.